The lowest BCUT2D eigenvalue weighted by molar-refractivity contribution is -0.132. The van der Waals surface area contributed by atoms with Gasteiger partial charge in [-0.25, -0.2) is 0 Å². The van der Waals surface area contributed by atoms with Crippen LogP contribution in [0, 0.1) is 11.8 Å². The van der Waals surface area contributed by atoms with Gasteiger partial charge < -0.3 is 4.90 Å². The maximum absolute atomic E-state index is 11.8. The minimum Gasteiger partial charge on any atom is -0.343 e. The standard InChI is InChI=1S/C13H25NO/c1-11(2)5-4-6-13(15)14-9-7-12(3)8-10-14/h11-12H,4-10H2,1-3H3. The first-order chi connectivity index (χ1) is 7.09. The molecule has 0 spiro atoms. The Hall–Kier alpha value is -0.530. The Morgan fingerprint density at radius 1 is 1.33 bits per heavy atom. The molecule has 1 amide bonds. The van der Waals surface area contributed by atoms with E-state index in [4.69, 9.17) is 0 Å². The number of carbonyl (C=O) groups is 1. The average Bonchev–Trinajstić information content (AvgIpc) is 2.18. The first-order valence-corrected chi connectivity index (χ1v) is 6.37. The average molecular weight is 211 g/mol. The van der Waals surface area contributed by atoms with Crippen LogP contribution >= 0.6 is 0 Å². The molecule has 1 aliphatic rings. The van der Waals surface area contributed by atoms with Gasteiger partial charge in [0.25, 0.3) is 0 Å². The van der Waals surface area contributed by atoms with Gasteiger partial charge in [-0.05, 0) is 31.1 Å². The van der Waals surface area contributed by atoms with Gasteiger partial charge in [0.2, 0.25) is 5.91 Å². The van der Waals surface area contributed by atoms with Gasteiger partial charge >= 0.3 is 0 Å². The van der Waals surface area contributed by atoms with Crippen molar-refractivity contribution in [3.63, 3.8) is 0 Å². The molecule has 1 rings (SSSR count). The van der Waals surface area contributed by atoms with Gasteiger partial charge in [-0.1, -0.05) is 27.2 Å². The van der Waals surface area contributed by atoms with E-state index in [9.17, 15) is 4.79 Å². The molecule has 0 aromatic carbocycles. The van der Waals surface area contributed by atoms with Gasteiger partial charge in [0.1, 0.15) is 0 Å². The normalized spacial score (nSPS) is 18.5. The van der Waals surface area contributed by atoms with Gasteiger partial charge in [-0.3, -0.25) is 4.79 Å². The Morgan fingerprint density at radius 3 is 2.47 bits per heavy atom. The Labute approximate surface area is 94.0 Å². The first-order valence-electron chi connectivity index (χ1n) is 6.37. The number of hydrogen-bond acceptors (Lipinski definition) is 1. The van der Waals surface area contributed by atoms with E-state index in [0.29, 0.717) is 5.91 Å². The maximum atomic E-state index is 11.8. The molecule has 0 bridgehead atoms. The molecule has 0 aliphatic carbocycles. The summed E-state index contributed by atoms with van der Waals surface area (Å²) in [6.45, 7) is 8.68. The predicted octanol–water partition coefficient (Wildman–Crippen LogP) is 3.07. The van der Waals surface area contributed by atoms with Gasteiger partial charge in [-0.15, -0.1) is 0 Å². The topological polar surface area (TPSA) is 20.3 Å². The molecule has 0 atom stereocenters. The summed E-state index contributed by atoms with van der Waals surface area (Å²) in [4.78, 5) is 13.9. The summed E-state index contributed by atoms with van der Waals surface area (Å²) >= 11 is 0. The van der Waals surface area contributed by atoms with Crippen molar-refractivity contribution >= 4 is 5.91 Å². The van der Waals surface area contributed by atoms with Crippen LogP contribution in [0.3, 0.4) is 0 Å². The number of likely N-dealkylation sites (tertiary alicyclic amines) is 1. The van der Waals surface area contributed by atoms with Crippen LogP contribution in [-0.4, -0.2) is 23.9 Å². The number of carbonyl (C=O) groups excluding carboxylic acids is 1. The van der Waals surface area contributed by atoms with Crippen molar-refractivity contribution in [3.8, 4) is 0 Å². The van der Waals surface area contributed by atoms with Crippen molar-refractivity contribution in [2.45, 2.75) is 52.9 Å². The van der Waals surface area contributed by atoms with E-state index >= 15 is 0 Å². The summed E-state index contributed by atoms with van der Waals surface area (Å²) in [5.74, 6) is 1.91. The monoisotopic (exact) mass is 211 g/mol. The molecular formula is C13H25NO. The van der Waals surface area contributed by atoms with Gasteiger partial charge in [0, 0.05) is 19.5 Å². The molecule has 1 saturated heterocycles. The molecule has 2 heteroatoms. The summed E-state index contributed by atoms with van der Waals surface area (Å²) in [6, 6.07) is 0. The van der Waals surface area contributed by atoms with E-state index in [0.717, 1.165) is 37.8 Å². The van der Waals surface area contributed by atoms with Crippen LogP contribution in [0.4, 0.5) is 0 Å². The van der Waals surface area contributed by atoms with E-state index in [1.165, 1.54) is 19.3 Å². The molecule has 0 N–H and O–H groups in total. The van der Waals surface area contributed by atoms with Crippen molar-refractivity contribution in [3.05, 3.63) is 0 Å². The van der Waals surface area contributed by atoms with Crippen molar-refractivity contribution < 1.29 is 4.79 Å². The third-order valence-corrected chi connectivity index (χ3v) is 3.31. The van der Waals surface area contributed by atoms with Crippen LogP contribution < -0.4 is 0 Å². The number of amides is 1. The smallest absolute Gasteiger partial charge is 0.222 e. The van der Waals surface area contributed by atoms with Crippen molar-refractivity contribution in [2.24, 2.45) is 11.8 Å². The molecule has 0 aromatic rings. The minimum atomic E-state index is 0.377. The highest BCUT2D eigenvalue weighted by Gasteiger charge is 2.19. The molecule has 0 saturated carbocycles. The molecule has 1 heterocycles. The lowest BCUT2D eigenvalue weighted by Gasteiger charge is -2.30. The number of rotatable bonds is 4. The predicted molar refractivity (Wildman–Crippen MR) is 63.7 cm³/mol. The van der Waals surface area contributed by atoms with E-state index in [1.807, 2.05) is 0 Å². The number of nitrogens with zero attached hydrogens (tertiary/aromatic N) is 1. The zero-order chi connectivity index (χ0) is 11.3. The van der Waals surface area contributed by atoms with Crippen LogP contribution in [0.5, 0.6) is 0 Å². The van der Waals surface area contributed by atoms with Gasteiger partial charge in [0.15, 0.2) is 0 Å². The Kier molecular flexibility index (Phi) is 5.13. The molecule has 0 aromatic heterocycles. The van der Waals surface area contributed by atoms with Crippen LogP contribution in [0.1, 0.15) is 52.9 Å². The third-order valence-electron chi connectivity index (χ3n) is 3.31. The number of piperidine rings is 1. The first kappa shape index (κ1) is 12.5. The fourth-order valence-corrected chi connectivity index (χ4v) is 2.08. The minimum absolute atomic E-state index is 0.377. The molecule has 1 aliphatic heterocycles. The van der Waals surface area contributed by atoms with E-state index in [1.54, 1.807) is 0 Å². The third kappa shape index (κ3) is 4.67. The Balaban J connectivity index is 2.17. The molecule has 88 valence electrons. The lowest BCUT2D eigenvalue weighted by Crippen LogP contribution is -2.37. The molecular weight excluding hydrogens is 186 g/mol. The number of hydrogen-bond donors (Lipinski definition) is 0. The maximum Gasteiger partial charge on any atom is 0.222 e. The summed E-state index contributed by atoms with van der Waals surface area (Å²) in [5, 5.41) is 0. The summed E-state index contributed by atoms with van der Waals surface area (Å²) in [7, 11) is 0. The molecule has 0 unspecified atom stereocenters. The highest BCUT2D eigenvalue weighted by Crippen LogP contribution is 2.17. The molecule has 15 heavy (non-hydrogen) atoms. The van der Waals surface area contributed by atoms with Crippen molar-refractivity contribution in [1.82, 2.24) is 4.90 Å². The summed E-state index contributed by atoms with van der Waals surface area (Å²) in [6.07, 6.45) is 5.37. The lowest BCUT2D eigenvalue weighted by atomic mass is 9.98. The van der Waals surface area contributed by atoms with E-state index < -0.39 is 0 Å². The fourth-order valence-electron chi connectivity index (χ4n) is 2.08. The SMILES string of the molecule is CC(C)CCCC(=O)N1CCC(C)CC1. The zero-order valence-electron chi connectivity index (χ0n) is 10.5. The zero-order valence-corrected chi connectivity index (χ0v) is 10.5. The second-order valence-electron chi connectivity index (χ2n) is 5.35. The van der Waals surface area contributed by atoms with Crippen LogP contribution in [-0.2, 0) is 4.79 Å². The molecule has 1 fully saturated rings. The van der Waals surface area contributed by atoms with E-state index in [2.05, 4.69) is 25.7 Å². The Morgan fingerprint density at radius 2 is 1.93 bits per heavy atom. The van der Waals surface area contributed by atoms with Gasteiger partial charge in [0.05, 0.1) is 0 Å². The van der Waals surface area contributed by atoms with Crippen LogP contribution in [0.25, 0.3) is 0 Å². The molecule has 0 radical (unpaired) electrons. The van der Waals surface area contributed by atoms with E-state index in [-0.39, 0.29) is 0 Å². The van der Waals surface area contributed by atoms with Crippen LogP contribution in [0.2, 0.25) is 0 Å². The Bertz CT molecular complexity index is 193. The molecule has 2 nitrogen and oxygen atoms in total. The largest absolute Gasteiger partial charge is 0.343 e. The van der Waals surface area contributed by atoms with Crippen molar-refractivity contribution in [2.75, 3.05) is 13.1 Å². The summed E-state index contributed by atoms with van der Waals surface area (Å²) in [5.41, 5.74) is 0. The highest BCUT2D eigenvalue weighted by molar-refractivity contribution is 5.76. The second-order valence-corrected chi connectivity index (χ2v) is 5.35. The summed E-state index contributed by atoms with van der Waals surface area (Å²) < 4.78 is 0. The van der Waals surface area contributed by atoms with Gasteiger partial charge in [-0.2, -0.15) is 0 Å². The van der Waals surface area contributed by atoms with Crippen molar-refractivity contribution in [1.29, 1.82) is 0 Å². The fraction of sp³-hybridized carbons (Fsp3) is 0.923. The quantitative estimate of drug-likeness (QED) is 0.700. The highest BCUT2D eigenvalue weighted by atomic mass is 16.2. The van der Waals surface area contributed by atoms with Crippen LogP contribution in [0.15, 0.2) is 0 Å². The second kappa shape index (κ2) is 6.14.